The SMILES string of the molecule is CCOc1cccc(NC2CCCCC2)c1[N+](=O)[O-]. The lowest BCUT2D eigenvalue weighted by molar-refractivity contribution is -0.385. The van der Waals surface area contributed by atoms with Gasteiger partial charge >= 0.3 is 5.69 Å². The second kappa shape index (κ2) is 6.41. The first-order chi connectivity index (χ1) is 9.22. The molecule has 0 radical (unpaired) electrons. The quantitative estimate of drug-likeness (QED) is 0.650. The van der Waals surface area contributed by atoms with E-state index in [1.165, 1.54) is 19.3 Å². The standard InChI is InChI=1S/C14H20N2O3/c1-2-19-13-10-6-9-12(14(13)16(17)18)15-11-7-4-3-5-8-11/h6,9-11,15H,2-5,7-8H2,1H3. The molecule has 1 aliphatic rings. The molecule has 0 heterocycles. The van der Waals surface area contributed by atoms with E-state index in [0.29, 0.717) is 24.1 Å². The molecular weight excluding hydrogens is 244 g/mol. The predicted molar refractivity (Wildman–Crippen MR) is 74.8 cm³/mol. The molecular formula is C14H20N2O3. The van der Waals surface area contributed by atoms with Gasteiger partial charge in [-0.05, 0) is 31.9 Å². The van der Waals surface area contributed by atoms with Crippen molar-refractivity contribution >= 4 is 11.4 Å². The Kier molecular flexibility index (Phi) is 4.60. The van der Waals surface area contributed by atoms with Crippen LogP contribution in [-0.4, -0.2) is 17.6 Å². The van der Waals surface area contributed by atoms with Crippen molar-refractivity contribution in [3.8, 4) is 5.75 Å². The second-order valence-corrected chi connectivity index (χ2v) is 4.82. The van der Waals surface area contributed by atoms with Crippen molar-refractivity contribution in [1.29, 1.82) is 0 Å². The molecule has 1 fully saturated rings. The van der Waals surface area contributed by atoms with Gasteiger partial charge in [0, 0.05) is 6.04 Å². The molecule has 0 atom stereocenters. The summed E-state index contributed by atoms with van der Waals surface area (Å²) in [5, 5.41) is 14.6. The van der Waals surface area contributed by atoms with Gasteiger partial charge in [-0.1, -0.05) is 25.3 Å². The zero-order chi connectivity index (χ0) is 13.7. The van der Waals surface area contributed by atoms with Gasteiger partial charge in [-0.25, -0.2) is 0 Å². The average molecular weight is 264 g/mol. The summed E-state index contributed by atoms with van der Waals surface area (Å²) < 4.78 is 5.35. The van der Waals surface area contributed by atoms with Crippen molar-refractivity contribution in [2.75, 3.05) is 11.9 Å². The van der Waals surface area contributed by atoms with E-state index < -0.39 is 0 Å². The van der Waals surface area contributed by atoms with Crippen LogP contribution in [0.3, 0.4) is 0 Å². The van der Waals surface area contributed by atoms with E-state index in [4.69, 9.17) is 4.74 Å². The molecule has 0 saturated heterocycles. The molecule has 5 nitrogen and oxygen atoms in total. The Balaban J connectivity index is 2.22. The van der Waals surface area contributed by atoms with Gasteiger partial charge in [0.2, 0.25) is 0 Å². The number of nitro benzene ring substituents is 1. The Hall–Kier alpha value is -1.78. The largest absolute Gasteiger partial charge is 0.487 e. The summed E-state index contributed by atoms with van der Waals surface area (Å²) in [6, 6.07) is 5.54. The molecule has 0 bridgehead atoms. The third-order valence-corrected chi connectivity index (χ3v) is 3.45. The number of nitro groups is 1. The minimum Gasteiger partial charge on any atom is -0.487 e. The number of rotatable bonds is 5. The van der Waals surface area contributed by atoms with E-state index in [2.05, 4.69) is 5.32 Å². The van der Waals surface area contributed by atoms with E-state index in [9.17, 15) is 10.1 Å². The highest BCUT2D eigenvalue weighted by Gasteiger charge is 2.23. The molecule has 2 rings (SSSR count). The highest BCUT2D eigenvalue weighted by molar-refractivity contribution is 5.68. The summed E-state index contributed by atoms with van der Waals surface area (Å²) in [4.78, 5) is 10.9. The van der Waals surface area contributed by atoms with Crippen molar-refractivity contribution in [3.63, 3.8) is 0 Å². The van der Waals surface area contributed by atoms with Crippen molar-refractivity contribution in [1.82, 2.24) is 0 Å². The van der Waals surface area contributed by atoms with Crippen LogP contribution in [0, 0.1) is 10.1 Å². The minimum atomic E-state index is -0.365. The van der Waals surface area contributed by atoms with E-state index in [0.717, 1.165) is 12.8 Å². The van der Waals surface area contributed by atoms with Crippen LogP contribution in [0.5, 0.6) is 5.75 Å². The van der Waals surface area contributed by atoms with Crippen LogP contribution in [0.1, 0.15) is 39.0 Å². The molecule has 0 unspecified atom stereocenters. The molecule has 1 aromatic rings. The number of nitrogens with zero attached hydrogens (tertiary/aromatic N) is 1. The van der Waals surface area contributed by atoms with Gasteiger partial charge in [0.05, 0.1) is 11.5 Å². The van der Waals surface area contributed by atoms with Crippen molar-refractivity contribution < 1.29 is 9.66 Å². The maximum atomic E-state index is 11.2. The highest BCUT2D eigenvalue weighted by Crippen LogP contribution is 2.36. The normalized spacial score (nSPS) is 16.1. The Labute approximate surface area is 113 Å². The zero-order valence-corrected chi connectivity index (χ0v) is 11.2. The number of ether oxygens (including phenoxy) is 1. The van der Waals surface area contributed by atoms with E-state index >= 15 is 0 Å². The first kappa shape index (κ1) is 13.6. The third kappa shape index (κ3) is 3.36. The number of nitrogens with one attached hydrogen (secondary N) is 1. The molecule has 1 aliphatic carbocycles. The van der Waals surface area contributed by atoms with E-state index in [-0.39, 0.29) is 10.6 Å². The van der Waals surface area contributed by atoms with Gasteiger partial charge in [-0.3, -0.25) is 10.1 Å². The Bertz CT molecular complexity index is 442. The number of hydrogen-bond donors (Lipinski definition) is 1. The lowest BCUT2D eigenvalue weighted by Gasteiger charge is -2.23. The van der Waals surface area contributed by atoms with Gasteiger partial charge < -0.3 is 10.1 Å². The van der Waals surface area contributed by atoms with Crippen LogP contribution >= 0.6 is 0 Å². The molecule has 0 amide bonds. The topological polar surface area (TPSA) is 64.4 Å². The average Bonchev–Trinajstić information content (AvgIpc) is 2.40. The summed E-state index contributed by atoms with van der Waals surface area (Å²) in [6.45, 7) is 2.25. The fraction of sp³-hybridized carbons (Fsp3) is 0.571. The van der Waals surface area contributed by atoms with Gasteiger partial charge in [-0.2, -0.15) is 0 Å². The minimum absolute atomic E-state index is 0.0509. The molecule has 0 spiro atoms. The molecule has 19 heavy (non-hydrogen) atoms. The first-order valence-electron chi connectivity index (χ1n) is 6.89. The Morgan fingerprint density at radius 2 is 2.11 bits per heavy atom. The molecule has 104 valence electrons. The van der Waals surface area contributed by atoms with Crippen LogP contribution in [-0.2, 0) is 0 Å². The van der Waals surface area contributed by atoms with Gasteiger partial charge in [0.25, 0.3) is 0 Å². The molecule has 0 aliphatic heterocycles. The number of hydrogen-bond acceptors (Lipinski definition) is 4. The van der Waals surface area contributed by atoms with Gasteiger partial charge in [0.15, 0.2) is 5.75 Å². The van der Waals surface area contributed by atoms with E-state index in [1.807, 2.05) is 6.92 Å². The monoisotopic (exact) mass is 264 g/mol. The first-order valence-corrected chi connectivity index (χ1v) is 6.89. The molecule has 5 heteroatoms. The lowest BCUT2D eigenvalue weighted by atomic mass is 9.95. The highest BCUT2D eigenvalue weighted by atomic mass is 16.6. The van der Waals surface area contributed by atoms with Crippen LogP contribution in [0.4, 0.5) is 11.4 Å². The van der Waals surface area contributed by atoms with Gasteiger partial charge in [-0.15, -0.1) is 0 Å². The summed E-state index contributed by atoms with van der Waals surface area (Å²) >= 11 is 0. The third-order valence-electron chi connectivity index (χ3n) is 3.45. The second-order valence-electron chi connectivity index (χ2n) is 4.82. The molecule has 1 N–H and O–H groups in total. The number of para-hydroxylation sites is 1. The fourth-order valence-electron chi connectivity index (χ4n) is 2.57. The van der Waals surface area contributed by atoms with Crippen molar-refractivity contribution in [3.05, 3.63) is 28.3 Å². The molecule has 0 aromatic heterocycles. The summed E-state index contributed by atoms with van der Waals surface area (Å²) in [5.41, 5.74) is 0.623. The van der Waals surface area contributed by atoms with Crippen LogP contribution in [0.2, 0.25) is 0 Å². The van der Waals surface area contributed by atoms with Crippen molar-refractivity contribution in [2.24, 2.45) is 0 Å². The maximum Gasteiger partial charge on any atom is 0.333 e. The molecule has 1 saturated carbocycles. The predicted octanol–water partition coefficient (Wildman–Crippen LogP) is 3.74. The number of anilines is 1. The smallest absolute Gasteiger partial charge is 0.333 e. The van der Waals surface area contributed by atoms with Gasteiger partial charge in [0.1, 0.15) is 5.69 Å². The lowest BCUT2D eigenvalue weighted by Crippen LogP contribution is -2.22. The summed E-state index contributed by atoms with van der Waals surface area (Å²) in [5.74, 6) is 0.341. The Morgan fingerprint density at radius 1 is 1.37 bits per heavy atom. The molecule has 1 aromatic carbocycles. The summed E-state index contributed by atoms with van der Waals surface area (Å²) in [6.07, 6.45) is 5.80. The number of benzene rings is 1. The Morgan fingerprint density at radius 3 is 2.74 bits per heavy atom. The van der Waals surface area contributed by atoms with Crippen LogP contribution in [0.25, 0.3) is 0 Å². The fourth-order valence-corrected chi connectivity index (χ4v) is 2.57. The van der Waals surface area contributed by atoms with Crippen LogP contribution < -0.4 is 10.1 Å². The van der Waals surface area contributed by atoms with Crippen LogP contribution in [0.15, 0.2) is 18.2 Å². The maximum absolute atomic E-state index is 11.2. The summed E-state index contributed by atoms with van der Waals surface area (Å²) in [7, 11) is 0. The zero-order valence-electron chi connectivity index (χ0n) is 11.2. The van der Waals surface area contributed by atoms with E-state index in [1.54, 1.807) is 18.2 Å². The van der Waals surface area contributed by atoms with Crippen molar-refractivity contribution in [2.45, 2.75) is 45.1 Å².